The highest BCUT2D eigenvalue weighted by Crippen LogP contribution is 1.92. The van der Waals surface area contributed by atoms with Gasteiger partial charge in [0.1, 0.15) is 0 Å². The molecule has 0 aliphatic rings. The molecule has 1 unspecified atom stereocenters. The SMILES string of the molecule is CCC(N)C(=O)NCCCCC#N. The van der Waals surface area contributed by atoms with Crippen LogP contribution in [0.1, 0.15) is 32.6 Å². The van der Waals surface area contributed by atoms with E-state index in [2.05, 4.69) is 11.4 Å². The van der Waals surface area contributed by atoms with Gasteiger partial charge in [-0.3, -0.25) is 4.79 Å². The number of carbonyl (C=O) groups is 1. The second-order valence-corrected chi connectivity index (χ2v) is 2.92. The van der Waals surface area contributed by atoms with Crippen LogP contribution in [0.3, 0.4) is 0 Å². The zero-order chi connectivity index (χ0) is 10.1. The van der Waals surface area contributed by atoms with Gasteiger partial charge in [0.2, 0.25) is 5.91 Å². The van der Waals surface area contributed by atoms with E-state index >= 15 is 0 Å². The molecule has 0 aromatic heterocycles. The van der Waals surface area contributed by atoms with Crippen LogP contribution in [0.15, 0.2) is 0 Å². The molecule has 4 nitrogen and oxygen atoms in total. The summed E-state index contributed by atoms with van der Waals surface area (Å²) in [5.41, 5.74) is 5.49. The van der Waals surface area contributed by atoms with Crippen molar-refractivity contribution >= 4 is 5.91 Å². The fourth-order valence-corrected chi connectivity index (χ4v) is 0.857. The van der Waals surface area contributed by atoms with Gasteiger partial charge in [0.15, 0.2) is 0 Å². The number of nitriles is 1. The normalized spacial score (nSPS) is 11.8. The van der Waals surface area contributed by atoms with Crippen LogP contribution >= 0.6 is 0 Å². The van der Waals surface area contributed by atoms with Gasteiger partial charge in [0.05, 0.1) is 12.1 Å². The molecule has 1 amide bonds. The Balaban J connectivity index is 3.33. The van der Waals surface area contributed by atoms with Gasteiger partial charge in [-0.25, -0.2) is 0 Å². The maximum Gasteiger partial charge on any atom is 0.236 e. The molecule has 0 aromatic carbocycles. The standard InChI is InChI=1S/C9H17N3O/c1-2-8(11)9(13)12-7-5-3-4-6-10/h8H,2-5,7,11H2,1H3,(H,12,13). The maximum absolute atomic E-state index is 11.1. The molecule has 4 heteroatoms. The Hall–Kier alpha value is -1.08. The summed E-state index contributed by atoms with van der Waals surface area (Å²) >= 11 is 0. The number of carbonyl (C=O) groups excluding carboxylic acids is 1. The van der Waals surface area contributed by atoms with Crippen LogP contribution in [-0.4, -0.2) is 18.5 Å². The minimum absolute atomic E-state index is 0.0977. The molecule has 0 saturated carbocycles. The average molecular weight is 183 g/mol. The lowest BCUT2D eigenvalue weighted by Crippen LogP contribution is -2.40. The molecule has 0 rings (SSSR count). The number of hydrogen-bond acceptors (Lipinski definition) is 3. The molecule has 13 heavy (non-hydrogen) atoms. The highest BCUT2D eigenvalue weighted by atomic mass is 16.2. The van der Waals surface area contributed by atoms with Crippen molar-refractivity contribution in [2.75, 3.05) is 6.54 Å². The van der Waals surface area contributed by atoms with E-state index < -0.39 is 6.04 Å². The Kier molecular flexibility index (Phi) is 6.93. The first-order chi connectivity index (χ1) is 6.22. The smallest absolute Gasteiger partial charge is 0.236 e. The van der Waals surface area contributed by atoms with Gasteiger partial charge in [-0.1, -0.05) is 6.92 Å². The van der Waals surface area contributed by atoms with E-state index in [1.807, 2.05) is 6.92 Å². The van der Waals surface area contributed by atoms with Crippen molar-refractivity contribution in [3.8, 4) is 6.07 Å². The number of amides is 1. The van der Waals surface area contributed by atoms with Crippen molar-refractivity contribution in [3.63, 3.8) is 0 Å². The van der Waals surface area contributed by atoms with Crippen molar-refractivity contribution in [2.24, 2.45) is 5.73 Å². The molecule has 74 valence electrons. The molecule has 0 bridgehead atoms. The molecule has 3 N–H and O–H groups in total. The largest absolute Gasteiger partial charge is 0.355 e. The zero-order valence-electron chi connectivity index (χ0n) is 8.05. The van der Waals surface area contributed by atoms with Crippen molar-refractivity contribution in [2.45, 2.75) is 38.6 Å². The van der Waals surface area contributed by atoms with Gasteiger partial charge in [0, 0.05) is 13.0 Å². The van der Waals surface area contributed by atoms with Gasteiger partial charge in [-0.05, 0) is 19.3 Å². The van der Waals surface area contributed by atoms with Gasteiger partial charge in [-0.2, -0.15) is 5.26 Å². The number of nitrogens with one attached hydrogen (secondary N) is 1. The Morgan fingerprint density at radius 2 is 2.31 bits per heavy atom. The van der Waals surface area contributed by atoms with Crippen LogP contribution in [0.4, 0.5) is 0 Å². The average Bonchev–Trinajstić information content (AvgIpc) is 2.16. The molecular formula is C9H17N3O. The lowest BCUT2D eigenvalue weighted by molar-refractivity contribution is -0.122. The molecule has 0 aliphatic carbocycles. The minimum atomic E-state index is -0.393. The highest BCUT2D eigenvalue weighted by molar-refractivity contribution is 5.81. The zero-order valence-corrected chi connectivity index (χ0v) is 8.05. The van der Waals surface area contributed by atoms with E-state index in [1.54, 1.807) is 0 Å². The Morgan fingerprint density at radius 3 is 2.85 bits per heavy atom. The molecule has 0 radical (unpaired) electrons. The van der Waals surface area contributed by atoms with E-state index in [0.29, 0.717) is 19.4 Å². The predicted molar refractivity (Wildman–Crippen MR) is 50.7 cm³/mol. The lowest BCUT2D eigenvalue weighted by atomic mass is 10.2. The summed E-state index contributed by atoms with van der Waals surface area (Å²) in [7, 11) is 0. The van der Waals surface area contributed by atoms with E-state index in [9.17, 15) is 4.79 Å². The second kappa shape index (κ2) is 7.56. The van der Waals surface area contributed by atoms with Crippen molar-refractivity contribution in [3.05, 3.63) is 0 Å². The summed E-state index contributed by atoms with van der Waals surface area (Å²) in [6.45, 7) is 2.49. The van der Waals surface area contributed by atoms with E-state index in [1.165, 1.54) is 0 Å². The topological polar surface area (TPSA) is 78.9 Å². The third-order valence-electron chi connectivity index (χ3n) is 1.79. The van der Waals surface area contributed by atoms with E-state index in [0.717, 1.165) is 12.8 Å². The van der Waals surface area contributed by atoms with E-state index in [4.69, 9.17) is 11.0 Å². The third kappa shape index (κ3) is 6.12. The van der Waals surface area contributed by atoms with Crippen LogP contribution in [0, 0.1) is 11.3 Å². The first kappa shape index (κ1) is 11.9. The quantitative estimate of drug-likeness (QED) is 0.590. The number of rotatable bonds is 6. The van der Waals surface area contributed by atoms with Crippen molar-refractivity contribution in [1.29, 1.82) is 5.26 Å². The predicted octanol–water partition coefficient (Wildman–Crippen LogP) is 0.534. The Morgan fingerprint density at radius 1 is 1.62 bits per heavy atom. The Labute approximate surface area is 79.1 Å². The molecular weight excluding hydrogens is 166 g/mol. The van der Waals surface area contributed by atoms with Gasteiger partial charge in [0.25, 0.3) is 0 Å². The summed E-state index contributed by atoms with van der Waals surface area (Å²) in [6.07, 6.45) is 2.88. The number of hydrogen-bond donors (Lipinski definition) is 2. The van der Waals surface area contributed by atoms with Crippen molar-refractivity contribution in [1.82, 2.24) is 5.32 Å². The summed E-state index contributed by atoms with van der Waals surface area (Å²) in [4.78, 5) is 11.1. The van der Waals surface area contributed by atoms with Gasteiger partial charge < -0.3 is 11.1 Å². The summed E-state index contributed by atoms with van der Waals surface area (Å²) < 4.78 is 0. The van der Waals surface area contributed by atoms with Crippen LogP contribution in [-0.2, 0) is 4.79 Å². The summed E-state index contributed by atoms with van der Waals surface area (Å²) in [6, 6.07) is 1.66. The summed E-state index contributed by atoms with van der Waals surface area (Å²) in [5.74, 6) is -0.0977. The fraction of sp³-hybridized carbons (Fsp3) is 0.778. The van der Waals surface area contributed by atoms with Crippen LogP contribution in [0.5, 0.6) is 0 Å². The molecule has 1 atom stereocenters. The molecule has 0 heterocycles. The van der Waals surface area contributed by atoms with E-state index in [-0.39, 0.29) is 5.91 Å². The van der Waals surface area contributed by atoms with Crippen molar-refractivity contribution < 1.29 is 4.79 Å². The maximum atomic E-state index is 11.1. The molecule has 0 saturated heterocycles. The molecule has 0 fully saturated rings. The molecule has 0 aliphatic heterocycles. The van der Waals surface area contributed by atoms with Crippen LogP contribution in [0.25, 0.3) is 0 Å². The van der Waals surface area contributed by atoms with Gasteiger partial charge >= 0.3 is 0 Å². The highest BCUT2D eigenvalue weighted by Gasteiger charge is 2.08. The summed E-state index contributed by atoms with van der Waals surface area (Å²) in [5, 5.41) is 11.0. The number of nitrogens with two attached hydrogens (primary N) is 1. The van der Waals surface area contributed by atoms with Crippen LogP contribution in [0.2, 0.25) is 0 Å². The lowest BCUT2D eigenvalue weighted by Gasteiger charge is -2.08. The first-order valence-corrected chi connectivity index (χ1v) is 4.62. The Bertz CT molecular complexity index is 186. The molecule has 0 aromatic rings. The number of unbranched alkanes of at least 4 members (excludes halogenated alkanes) is 2. The van der Waals surface area contributed by atoms with Gasteiger partial charge in [-0.15, -0.1) is 0 Å². The first-order valence-electron chi connectivity index (χ1n) is 4.62. The number of nitrogens with zero attached hydrogens (tertiary/aromatic N) is 1. The monoisotopic (exact) mass is 183 g/mol. The third-order valence-corrected chi connectivity index (χ3v) is 1.79. The fourth-order valence-electron chi connectivity index (χ4n) is 0.857. The van der Waals surface area contributed by atoms with Crippen LogP contribution < -0.4 is 11.1 Å². The minimum Gasteiger partial charge on any atom is -0.355 e. The second-order valence-electron chi connectivity index (χ2n) is 2.92. The molecule has 0 spiro atoms.